The van der Waals surface area contributed by atoms with Crippen LogP contribution in [0, 0.1) is 18.3 Å². The van der Waals surface area contributed by atoms with Gasteiger partial charge >= 0.3 is 0 Å². The number of aromatic nitrogens is 2. The number of carbonyl (C=O) groups excluding carboxylic acids is 1. The predicted molar refractivity (Wildman–Crippen MR) is 62.5 cm³/mol. The highest BCUT2D eigenvalue weighted by atomic mass is 16.3. The summed E-state index contributed by atoms with van der Waals surface area (Å²) in [5.74, 6) is -0.342. The lowest BCUT2D eigenvalue weighted by Crippen LogP contribution is -2.29. The molecule has 6 nitrogen and oxygen atoms in total. The van der Waals surface area contributed by atoms with Gasteiger partial charge in [0.1, 0.15) is 11.7 Å². The van der Waals surface area contributed by atoms with Crippen molar-refractivity contribution in [2.24, 2.45) is 7.05 Å². The molecule has 2 rings (SSSR count). The standard InChI is InChI=1S/C12H12N4O2/c1-8-5-11(16(2)15-8)12(17)14-10(6-13)9-3-4-18-7-9/h3-5,7,10H,1-2H3,(H,14,17). The van der Waals surface area contributed by atoms with Gasteiger partial charge in [0.2, 0.25) is 0 Å². The summed E-state index contributed by atoms with van der Waals surface area (Å²) in [7, 11) is 1.68. The lowest BCUT2D eigenvalue weighted by Gasteiger charge is -2.09. The Balaban J connectivity index is 2.16. The molecular weight excluding hydrogens is 232 g/mol. The van der Waals surface area contributed by atoms with Crippen LogP contribution in [-0.4, -0.2) is 15.7 Å². The van der Waals surface area contributed by atoms with E-state index in [1.54, 1.807) is 26.1 Å². The molecule has 0 radical (unpaired) electrons. The van der Waals surface area contributed by atoms with Crippen LogP contribution in [0.25, 0.3) is 0 Å². The summed E-state index contributed by atoms with van der Waals surface area (Å²) in [6.07, 6.45) is 2.89. The second kappa shape index (κ2) is 4.75. The fourth-order valence-corrected chi connectivity index (χ4v) is 1.66. The van der Waals surface area contributed by atoms with Gasteiger partial charge in [0, 0.05) is 12.6 Å². The van der Waals surface area contributed by atoms with Crippen LogP contribution in [0.3, 0.4) is 0 Å². The molecular formula is C12H12N4O2. The molecule has 1 N–H and O–H groups in total. The number of hydrogen-bond donors (Lipinski definition) is 1. The Hall–Kier alpha value is -2.55. The van der Waals surface area contributed by atoms with Crippen molar-refractivity contribution < 1.29 is 9.21 Å². The normalized spacial score (nSPS) is 11.8. The van der Waals surface area contributed by atoms with Gasteiger partial charge in [-0.2, -0.15) is 10.4 Å². The maximum absolute atomic E-state index is 12.0. The molecule has 0 bridgehead atoms. The van der Waals surface area contributed by atoms with E-state index in [-0.39, 0.29) is 5.91 Å². The second-order valence-corrected chi connectivity index (χ2v) is 3.89. The molecule has 1 atom stereocenters. The van der Waals surface area contributed by atoms with Gasteiger partial charge in [-0.05, 0) is 19.1 Å². The summed E-state index contributed by atoms with van der Waals surface area (Å²) in [6, 6.07) is 4.59. The van der Waals surface area contributed by atoms with E-state index in [4.69, 9.17) is 9.68 Å². The SMILES string of the molecule is Cc1cc(C(=O)NC(C#N)c2ccoc2)n(C)n1. The number of nitriles is 1. The van der Waals surface area contributed by atoms with Crippen molar-refractivity contribution in [3.05, 3.63) is 41.6 Å². The molecule has 0 saturated carbocycles. The average Bonchev–Trinajstić information content (AvgIpc) is 2.95. The first-order valence-electron chi connectivity index (χ1n) is 5.35. The molecule has 0 spiro atoms. The molecule has 0 aliphatic carbocycles. The fourth-order valence-electron chi connectivity index (χ4n) is 1.66. The van der Waals surface area contributed by atoms with Gasteiger partial charge < -0.3 is 9.73 Å². The van der Waals surface area contributed by atoms with E-state index in [0.29, 0.717) is 11.3 Å². The van der Waals surface area contributed by atoms with Gasteiger partial charge in [-0.3, -0.25) is 9.48 Å². The van der Waals surface area contributed by atoms with Crippen molar-refractivity contribution in [2.75, 3.05) is 0 Å². The largest absolute Gasteiger partial charge is 0.472 e. The Morgan fingerprint density at radius 1 is 1.67 bits per heavy atom. The molecule has 18 heavy (non-hydrogen) atoms. The maximum atomic E-state index is 12.0. The summed E-state index contributed by atoms with van der Waals surface area (Å²) in [5.41, 5.74) is 1.78. The zero-order valence-corrected chi connectivity index (χ0v) is 10.0. The number of furan rings is 1. The quantitative estimate of drug-likeness (QED) is 0.882. The van der Waals surface area contributed by atoms with Crippen LogP contribution in [0.2, 0.25) is 0 Å². The summed E-state index contributed by atoms with van der Waals surface area (Å²) in [6.45, 7) is 1.80. The molecule has 6 heteroatoms. The van der Waals surface area contributed by atoms with Crippen LogP contribution in [0.5, 0.6) is 0 Å². The molecule has 0 aromatic carbocycles. The van der Waals surface area contributed by atoms with Crippen molar-refractivity contribution in [2.45, 2.75) is 13.0 Å². The second-order valence-electron chi connectivity index (χ2n) is 3.89. The van der Waals surface area contributed by atoms with Crippen molar-refractivity contribution in [1.29, 1.82) is 5.26 Å². The molecule has 92 valence electrons. The number of amides is 1. The lowest BCUT2D eigenvalue weighted by atomic mass is 10.1. The van der Waals surface area contributed by atoms with Crippen LogP contribution in [0.1, 0.15) is 27.8 Å². The minimum Gasteiger partial charge on any atom is -0.472 e. The molecule has 0 aliphatic rings. The monoisotopic (exact) mass is 244 g/mol. The van der Waals surface area contributed by atoms with Crippen molar-refractivity contribution in [3.63, 3.8) is 0 Å². The minimum absolute atomic E-state index is 0.342. The third kappa shape index (κ3) is 2.25. The van der Waals surface area contributed by atoms with Gasteiger partial charge in [-0.1, -0.05) is 0 Å². The summed E-state index contributed by atoms with van der Waals surface area (Å²) in [4.78, 5) is 12.0. The smallest absolute Gasteiger partial charge is 0.270 e. The highest BCUT2D eigenvalue weighted by molar-refractivity contribution is 5.93. The molecule has 0 saturated heterocycles. The van der Waals surface area contributed by atoms with Crippen LogP contribution >= 0.6 is 0 Å². The first-order valence-corrected chi connectivity index (χ1v) is 5.35. The molecule has 1 amide bonds. The van der Waals surface area contributed by atoms with Gasteiger partial charge in [-0.25, -0.2) is 0 Å². The van der Waals surface area contributed by atoms with Crippen molar-refractivity contribution in [1.82, 2.24) is 15.1 Å². The molecule has 1 unspecified atom stereocenters. The van der Waals surface area contributed by atoms with Crippen molar-refractivity contribution >= 4 is 5.91 Å². The van der Waals surface area contributed by atoms with Crippen LogP contribution in [0.4, 0.5) is 0 Å². The Bertz CT molecular complexity index is 592. The third-order valence-electron chi connectivity index (χ3n) is 2.52. The first-order chi connectivity index (χ1) is 8.61. The third-order valence-corrected chi connectivity index (χ3v) is 2.52. The topological polar surface area (TPSA) is 83.9 Å². The van der Waals surface area contributed by atoms with E-state index in [2.05, 4.69) is 10.4 Å². The lowest BCUT2D eigenvalue weighted by molar-refractivity contribution is 0.0935. The molecule has 2 aromatic heterocycles. The Kier molecular flexibility index (Phi) is 3.15. The number of nitrogens with zero attached hydrogens (tertiary/aromatic N) is 3. The first kappa shape index (κ1) is 11.9. The van der Waals surface area contributed by atoms with Gasteiger partial charge in [0.05, 0.1) is 24.3 Å². The molecule has 2 heterocycles. The molecule has 0 aliphatic heterocycles. The minimum atomic E-state index is -0.730. The number of nitrogens with one attached hydrogen (secondary N) is 1. The fraction of sp³-hybridized carbons (Fsp3) is 0.250. The number of rotatable bonds is 3. The predicted octanol–water partition coefficient (Wildman–Crippen LogP) is 1.32. The number of hydrogen-bond acceptors (Lipinski definition) is 4. The van der Waals surface area contributed by atoms with Crippen LogP contribution in [-0.2, 0) is 7.05 Å². The van der Waals surface area contributed by atoms with Gasteiger partial charge in [-0.15, -0.1) is 0 Å². The Morgan fingerprint density at radius 3 is 2.94 bits per heavy atom. The summed E-state index contributed by atoms with van der Waals surface area (Å²) < 4.78 is 6.37. The summed E-state index contributed by atoms with van der Waals surface area (Å²) >= 11 is 0. The molecule has 0 fully saturated rings. The number of aryl methyl sites for hydroxylation is 2. The van der Waals surface area contributed by atoms with Crippen LogP contribution in [0.15, 0.2) is 29.1 Å². The maximum Gasteiger partial charge on any atom is 0.270 e. The van der Waals surface area contributed by atoms with Gasteiger partial charge in [0.15, 0.2) is 0 Å². The van der Waals surface area contributed by atoms with Crippen LogP contribution < -0.4 is 5.32 Å². The summed E-state index contributed by atoms with van der Waals surface area (Å²) in [5, 5.41) is 15.7. The van der Waals surface area contributed by atoms with E-state index in [9.17, 15) is 4.79 Å². The van der Waals surface area contributed by atoms with E-state index < -0.39 is 6.04 Å². The zero-order chi connectivity index (χ0) is 13.1. The molecule has 2 aromatic rings. The highest BCUT2D eigenvalue weighted by Gasteiger charge is 2.18. The van der Waals surface area contributed by atoms with E-state index in [0.717, 1.165) is 5.69 Å². The zero-order valence-electron chi connectivity index (χ0n) is 10.0. The van der Waals surface area contributed by atoms with E-state index in [1.807, 2.05) is 6.07 Å². The Labute approximate surface area is 104 Å². The average molecular weight is 244 g/mol. The van der Waals surface area contributed by atoms with E-state index >= 15 is 0 Å². The van der Waals surface area contributed by atoms with Crippen molar-refractivity contribution in [3.8, 4) is 6.07 Å². The van der Waals surface area contributed by atoms with Gasteiger partial charge in [0.25, 0.3) is 5.91 Å². The van der Waals surface area contributed by atoms with E-state index in [1.165, 1.54) is 17.2 Å². The Morgan fingerprint density at radius 2 is 2.44 bits per heavy atom. The number of carbonyl (C=O) groups is 1. The highest BCUT2D eigenvalue weighted by Crippen LogP contribution is 2.13.